The maximum absolute atomic E-state index is 15.9. The normalized spacial score (nSPS) is 15.5. The van der Waals surface area contributed by atoms with Crippen LogP contribution in [0.1, 0.15) is 229 Å². The molecule has 0 saturated carbocycles. The number of rotatable bonds is 33. The van der Waals surface area contributed by atoms with Crippen LogP contribution in [0.5, 0.6) is 0 Å². The van der Waals surface area contributed by atoms with Crippen LogP contribution in [-0.4, -0.2) is 34.7 Å². The Labute approximate surface area is 451 Å². The molecular formula is C62H90N4O2S4. The van der Waals surface area contributed by atoms with Gasteiger partial charge >= 0.3 is 0 Å². The van der Waals surface area contributed by atoms with Gasteiger partial charge in [-0.15, -0.1) is 45.3 Å². The number of fused-ring (bicyclic) bond motifs is 4. The molecule has 2 aliphatic rings. The standard InChI is InChI=1S/C62H90N4O2S4/c1-9-13-17-21-23-27-31-43(29-25-19-15-11-3)41-65-55(48-36-35-47(69-48)50-39-45-33-34-46-40-52(62(7,8)64)72-58(46)57(45)71-50)53-54(60(65)68)56(49-37-38-51(70-49)61(5,6)63)66(59(53)67)42-44(30-26-20-16-12-4)32-28-24-22-18-14-10-2/h33-40,43-44H,9-32,41-42,63-64H2,1-8H3. The molecule has 4 aromatic heterocycles. The van der Waals surface area contributed by atoms with Crippen molar-refractivity contribution >= 4 is 88.7 Å². The second-order valence-electron chi connectivity index (χ2n) is 22.7. The molecule has 2 atom stereocenters. The summed E-state index contributed by atoms with van der Waals surface area (Å²) in [6.45, 7) is 18.7. The predicted octanol–water partition coefficient (Wildman–Crippen LogP) is 18.8. The number of unbranched alkanes of at least 4 members (excludes halogenated alkanes) is 16. The summed E-state index contributed by atoms with van der Waals surface area (Å²) >= 11 is 7.04. The van der Waals surface area contributed by atoms with Crippen LogP contribution >= 0.6 is 45.3 Å². The van der Waals surface area contributed by atoms with Crippen molar-refractivity contribution in [1.29, 1.82) is 0 Å². The van der Waals surface area contributed by atoms with Crippen LogP contribution in [-0.2, 0) is 20.7 Å². The number of nitrogens with zero attached hydrogens (tertiary/aromatic N) is 2. The van der Waals surface area contributed by atoms with Crippen molar-refractivity contribution in [2.75, 3.05) is 13.1 Å². The maximum atomic E-state index is 15.9. The predicted molar refractivity (Wildman–Crippen MR) is 317 cm³/mol. The highest BCUT2D eigenvalue weighted by atomic mass is 32.1. The van der Waals surface area contributed by atoms with Gasteiger partial charge in [-0.3, -0.25) is 9.59 Å². The summed E-state index contributed by atoms with van der Waals surface area (Å²) in [4.78, 5) is 42.5. The minimum Gasteiger partial charge on any atom is -0.321 e. The molecule has 10 heteroatoms. The third kappa shape index (κ3) is 14.0. The van der Waals surface area contributed by atoms with Crippen molar-refractivity contribution < 1.29 is 9.59 Å². The first-order valence-electron chi connectivity index (χ1n) is 28.6. The van der Waals surface area contributed by atoms with E-state index in [4.69, 9.17) is 11.5 Å². The van der Waals surface area contributed by atoms with Crippen LogP contribution in [0.2, 0.25) is 0 Å². The van der Waals surface area contributed by atoms with E-state index in [0.717, 1.165) is 56.6 Å². The Morgan fingerprint density at radius 3 is 1.28 bits per heavy atom. The highest BCUT2D eigenvalue weighted by molar-refractivity contribution is 7.30. The Bertz CT molecular complexity index is 2610. The summed E-state index contributed by atoms with van der Waals surface area (Å²) in [6, 6.07) is 17.8. The van der Waals surface area contributed by atoms with Gasteiger partial charge in [0.15, 0.2) is 0 Å². The molecule has 0 fully saturated rings. The van der Waals surface area contributed by atoms with Gasteiger partial charge in [0.2, 0.25) is 0 Å². The minimum atomic E-state index is -0.545. The molecular weight excluding hydrogens is 961 g/mol. The van der Waals surface area contributed by atoms with E-state index < -0.39 is 11.1 Å². The molecule has 2 unspecified atom stereocenters. The quantitative estimate of drug-likeness (QED) is 0.0410. The van der Waals surface area contributed by atoms with Crippen molar-refractivity contribution in [1.82, 2.24) is 9.80 Å². The van der Waals surface area contributed by atoms with Crippen LogP contribution < -0.4 is 11.5 Å². The lowest BCUT2D eigenvalue weighted by atomic mass is 9.93. The fourth-order valence-electron chi connectivity index (χ4n) is 11.0. The van der Waals surface area contributed by atoms with Gasteiger partial charge in [-0.05, 0) is 112 Å². The third-order valence-electron chi connectivity index (χ3n) is 15.3. The molecule has 6 nitrogen and oxygen atoms in total. The van der Waals surface area contributed by atoms with Gasteiger partial charge in [-0.25, -0.2) is 0 Å². The van der Waals surface area contributed by atoms with E-state index in [-0.39, 0.29) is 11.8 Å². The molecule has 0 saturated heterocycles. The number of nitrogens with two attached hydrogens (primary N) is 2. The lowest BCUT2D eigenvalue weighted by Gasteiger charge is -2.29. The summed E-state index contributed by atoms with van der Waals surface area (Å²) in [6.07, 6.45) is 29.1. The SMILES string of the molecule is CCCCCCCCC(CCCCCC)CN1C(=O)C2=C(c3ccc(C(C)(C)N)s3)N(CC(CCCCCC)CCCCCCCC)C(=O)C2=C1c1ccc(-c2cc3ccc4cc(C(C)(C)N)sc4c3s2)s1. The topological polar surface area (TPSA) is 92.7 Å². The van der Waals surface area contributed by atoms with E-state index in [1.807, 2.05) is 25.2 Å². The maximum Gasteiger partial charge on any atom is 0.261 e. The molecule has 0 spiro atoms. The first-order chi connectivity index (χ1) is 34.7. The van der Waals surface area contributed by atoms with Crippen LogP contribution in [0, 0.1) is 11.8 Å². The molecule has 6 heterocycles. The first kappa shape index (κ1) is 56.6. The summed E-state index contributed by atoms with van der Waals surface area (Å²) in [7, 11) is 0. The summed E-state index contributed by atoms with van der Waals surface area (Å²) in [5.41, 5.74) is 15.3. The summed E-state index contributed by atoms with van der Waals surface area (Å²) < 4.78 is 2.58. The van der Waals surface area contributed by atoms with E-state index in [9.17, 15) is 0 Å². The van der Waals surface area contributed by atoms with Crippen LogP contribution in [0.15, 0.2) is 59.7 Å². The Morgan fingerprint density at radius 1 is 0.431 bits per heavy atom. The second kappa shape index (κ2) is 26.6. The van der Waals surface area contributed by atoms with Crippen molar-refractivity contribution in [3.8, 4) is 9.75 Å². The monoisotopic (exact) mass is 1050 g/mol. The first-order valence-corrected chi connectivity index (χ1v) is 31.8. The Balaban J connectivity index is 1.32. The molecule has 0 radical (unpaired) electrons. The van der Waals surface area contributed by atoms with Crippen LogP contribution in [0.25, 0.3) is 41.3 Å². The van der Waals surface area contributed by atoms with Gasteiger partial charge in [-0.1, -0.05) is 168 Å². The number of carbonyl (C=O) groups is 2. The van der Waals surface area contributed by atoms with E-state index >= 15 is 9.59 Å². The molecule has 4 N–H and O–H groups in total. The van der Waals surface area contributed by atoms with Gasteiger partial charge in [0.25, 0.3) is 11.8 Å². The zero-order chi connectivity index (χ0) is 51.4. The van der Waals surface area contributed by atoms with Crippen LogP contribution in [0.4, 0.5) is 0 Å². The van der Waals surface area contributed by atoms with Crippen molar-refractivity contribution in [3.05, 3.63) is 79.2 Å². The summed E-state index contributed by atoms with van der Waals surface area (Å²) in [5.74, 6) is 0.719. The lowest BCUT2D eigenvalue weighted by molar-refractivity contribution is -0.124. The Hall–Kier alpha value is -3.12. The summed E-state index contributed by atoms with van der Waals surface area (Å²) in [5, 5.41) is 2.47. The zero-order valence-electron chi connectivity index (χ0n) is 45.7. The molecule has 394 valence electrons. The third-order valence-corrected chi connectivity index (χ3v) is 20.8. The van der Waals surface area contributed by atoms with Gasteiger partial charge in [0, 0.05) is 43.7 Å². The number of benzene rings is 1. The van der Waals surface area contributed by atoms with Crippen LogP contribution in [0.3, 0.4) is 0 Å². The molecule has 2 aliphatic heterocycles. The number of amides is 2. The number of carbonyl (C=O) groups excluding carboxylic acids is 2. The zero-order valence-corrected chi connectivity index (χ0v) is 48.9. The van der Waals surface area contributed by atoms with Gasteiger partial charge < -0.3 is 21.3 Å². The van der Waals surface area contributed by atoms with Crippen molar-refractivity contribution in [3.63, 3.8) is 0 Å². The van der Waals surface area contributed by atoms with E-state index in [1.165, 1.54) is 158 Å². The molecule has 0 bridgehead atoms. The smallest absolute Gasteiger partial charge is 0.261 e. The minimum absolute atomic E-state index is 0.000245. The Kier molecular flexibility index (Phi) is 20.9. The molecule has 7 rings (SSSR count). The fourth-order valence-corrected chi connectivity index (χ4v) is 15.7. The molecule has 0 aliphatic carbocycles. The van der Waals surface area contributed by atoms with E-state index in [2.05, 4.69) is 99.9 Å². The highest BCUT2D eigenvalue weighted by Crippen LogP contribution is 2.52. The second-order valence-corrected chi connectivity index (χ2v) is 27.0. The van der Waals surface area contributed by atoms with Crippen molar-refractivity contribution in [2.24, 2.45) is 23.3 Å². The number of hydrogen-bond acceptors (Lipinski definition) is 8. The molecule has 5 aromatic rings. The number of thiophene rings is 4. The highest BCUT2D eigenvalue weighted by Gasteiger charge is 2.50. The largest absolute Gasteiger partial charge is 0.321 e. The number of hydrogen-bond donors (Lipinski definition) is 2. The molecule has 72 heavy (non-hydrogen) atoms. The average molecular weight is 1050 g/mol. The van der Waals surface area contributed by atoms with Gasteiger partial charge in [-0.2, -0.15) is 0 Å². The van der Waals surface area contributed by atoms with Gasteiger partial charge in [0.1, 0.15) is 0 Å². The molecule has 1 aromatic carbocycles. The van der Waals surface area contributed by atoms with E-state index in [0.29, 0.717) is 36.1 Å². The lowest BCUT2D eigenvalue weighted by Crippen LogP contribution is -2.34. The van der Waals surface area contributed by atoms with Gasteiger partial charge in [0.05, 0.1) is 41.7 Å². The van der Waals surface area contributed by atoms with Crippen molar-refractivity contribution in [2.45, 2.75) is 221 Å². The average Bonchev–Trinajstić information content (AvgIpc) is 4.21. The van der Waals surface area contributed by atoms with E-state index in [1.54, 1.807) is 34.0 Å². The fraction of sp³-hybridized carbons (Fsp3) is 0.613. The molecule has 2 amide bonds. The Morgan fingerprint density at radius 2 is 0.819 bits per heavy atom.